The highest BCUT2D eigenvalue weighted by Gasteiger charge is 2.39. The fraction of sp³-hybridized carbons (Fsp3) is 0.294. The van der Waals surface area contributed by atoms with Gasteiger partial charge in [-0.15, -0.1) is 11.3 Å². The molecule has 23 heavy (non-hydrogen) atoms. The minimum absolute atomic E-state index is 0.254. The summed E-state index contributed by atoms with van der Waals surface area (Å²) in [6.07, 6.45) is 0.999. The number of nitrogens with zero attached hydrogens (tertiary/aromatic N) is 2. The van der Waals surface area contributed by atoms with Gasteiger partial charge in [0, 0.05) is 21.9 Å². The lowest BCUT2D eigenvalue weighted by Gasteiger charge is -2.36. The summed E-state index contributed by atoms with van der Waals surface area (Å²) in [6.45, 7) is 3.51. The van der Waals surface area contributed by atoms with Crippen molar-refractivity contribution in [3.05, 3.63) is 50.1 Å². The maximum atomic E-state index is 12.4. The predicted molar refractivity (Wildman–Crippen MR) is 94.0 cm³/mol. The average molecular weight is 391 g/mol. The molecule has 0 aliphatic carbocycles. The van der Waals surface area contributed by atoms with Crippen LogP contribution in [0.5, 0.6) is 0 Å². The molecule has 0 spiro atoms. The summed E-state index contributed by atoms with van der Waals surface area (Å²) in [6, 6.07) is 7.92. The first-order valence-corrected chi connectivity index (χ1v) is 9.20. The average Bonchev–Trinajstić information content (AvgIpc) is 3.10. The molecule has 0 bridgehead atoms. The molecule has 3 heterocycles. The Morgan fingerprint density at radius 1 is 1.30 bits per heavy atom. The highest BCUT2D eigenvalue weighted by Crippen LogP contribution is 2.37. The highest BCUT2D eigenvalue weighted by atomic mass is 79.9. The number of Topliss-reactive ketones (excluding diaryl/α,β-unsaturated/α-hetero) is 1. The Labute approximate surface area is 146 Å². The molecule has 6 heteroatoms. The molecule has 1 unspecified atom stereocenters. The molecule has 4 rings (SSSR count). The number of thiophene rings is 1. The van der Waals surface area contributed by atoms with E-state index in [2.05, 4.69) is 39.2 Å². The van der Waals surface area contributed by atoms with Gasteiger partial charge in [0.2, 0.25) is 0 Å². The van der Waals surface area contributed by atoms with E-state index in [1.165, 1.54) is 10.4 Å². The molecule has 4 nitrogen and oxygen atoms in total. The van der Waals surface area contributed by atoms with Crippen LogP contribution >= 0.6 is 27.3 Å². The van der Waals surface area contributed by atoms with Gasteiger partial charge in [0.25, 0.3) is 5.78 Å². The molecular formula is C17H15BrN2O2S. The van der Waals surface area contributed by atoms with Gasteiger partial charge >= 0.3 is 5.91 Å². The number of fused-ring (bicyclic) bond motifs is 2. The molecule has 1 atom stereocenters. The van der Waals surface area contributed by atoms with Crippen molar-refractivity contribution < 1.29 is 9.59 Å². The van der Waals surface area contributed by atoms with E-state index in [9.17, 15) is 9.59 Å². The number of hydrogen-bond donors (Lipinski definition) is 0. The van der Waals surface area contributed by atoms with E-state index in [0.717, 1.165) is 13.0 Å². The maximum Gasteiger partial charge on any atom is 0.300 e. The van der Waals surface area contributed by atoms with Gasteiger partial charge in [-0.05, 0) is 58.4 Å². The van der Waals surface area contributed by atoms with Crippen molar-refractivity contribution in [1.82, 2.24) is 4.90 Å². The molecule has 118 valence electrons. The first-order chi connectivity index (χ1) is 11.1. The van der Waals surface area contributed by atoms with Crippen LogP contribution in [0.2, 0.25) is 0 Å². The molecular weight excluding hydrogens is 376 g/mol. The molecule has 2 aromatic rings. The van der Waals surface area contributed by atoms with E-state index in [1.807, 2.05) is 12.1 Å². The van der Waals surface area contributed by atoms with Gasteiger partial charge in [0.1, 0.15) is 0 Å². The Balaban J connectivity index is 1.65. The van der Waals surface area contributed by atoms with Gasteiger partial charge in [-0.3, -0.25) is 19.4 Å². The zero-order valence-electron chi connectivity index (χ0n) is 12.6. The Kier molecular flexibility index (Phi) is 3.63. The number of ketones is 1. The topological polar surface area (TPSA) is 40.6 Å². The predicted octanol–water partition coefficient (Wildman–Crippen LogP) is 3.62. The molecule has 0 saturated heterocycles. The third kappa shape index (κ3) is 2.28. The number of carbonyl (C=O) groups is 2. The van der Waals surface area contributed by atoms with Gasteiger partial charge in [-0.25, -0.2) is 0 Å². The van der Waals surface area contributed by atoms with Gasteiger partial charge in [-0.2, -0.15) is 0 Å². The minimum atomic E-state index is -0.435. The van der Waals surface area contributed by atoms with E-state index in [0.29, 0.717) is 22.4 Å². The number of benzene rings is 1. The number of amides is 1. The molecule has 2 aliphatic rings. The van der Waals surface area contributed by atoms with Gasteiger partial charge in [0.05, 0.1) is 17.9 Å². The Morgan fingerprint density at radius 2 is 2.13 bits per heavy atom. The number of carbonyl (C=O) groups excluding carboxylic acids is 2. The van der Waals surface area contributed by atoms with Crippen LogP contribution in [0.1, 0.15) is 33.8 Å². The van der Waals surface area contributed by atoms with E-state index < -0.39 is 11.7 Å². The zero-order chi connectivity index (χ0) is 16.1. The number of anilines is 1. The third-order valence-corrected chi connectivity index (χ3v) is 6.33. The van der Waals surface area contributed by atoms with Crippen molar-refractivity contribution in [2.75, 3.05) is 18.1 Å². The second-order valence-corrected chi connectivity index (χ2v) is 7.73. The fourth-order valence-electron chi connectivity index (χ4n) is 3.38. The number of hydrogen-bond acceptors (Lipinski definition) is 4. The van der Waals surface area contributed by atoms with Crippen molar-refractivity contribution in [2.45, 2.75) is 19.4 Å². The Morgan fingerprint density at radius 3 is 2.96 bits per heavy atom. The normalized spacial score (nSPS) is 20.8. The van der Waals surface area contributed by atoms with Crippen LogP contribution in [0.15, 0.2) is 34.1 Å². The van der Waals surface area contributed by atoms with Crippen molar-refractivity contribution >= 4 is 44.6 Å². The molecule has 0 fully saturated rings. The lowest BCUT2D eigenvalue weighted by Crippen LogP contribution is -2.44. The first kappa shape index (κ1) is 15.1. The van der Waals surface area contributed by atoms with Crippen LogP contribution in [0, 0.1) is 0 Å². The summed E-state index contributed by atoms with van der Waals surface area (Å²) in [5, 5.41) is 2.13. The van der Waals surface area contributed by atoms with Crippen LogP contribution in [-0.2, 0) is 11.2 Å². The van der Waals surface area contributed by atoms with Gasteiger partial charge in [0.15, 0.2) is 0 Å². The van der Waals surface area contributed by atoms with Crippen molar-refractivity contribution in [1.29, 1.82) is 0 Å². The van der Waals surface area contributed by atoms with E-state index >= 15 is 0 Å². The van der Waals surface area contributed by atoms with Crippen LogP contribution in [-0.4, -0.2) is 29.8 Å². The van der Waals surface area contributed by atoms with E-state index in [-0.39, 0.29) is 6.04 Å². The molecule has 2 aliphatic heterocycles. The largest absolute Gasteiger partial charge is 0.300 e. The quantitative estimate of drug-likeness (QED) is 0.735. The molecule has 0 N–H and O–H groups in total. The SMILES string of the molecule is CC1c2ccsc2CCN1CN1C(=O)C(=O)c2c(Br)cccc21. The van der Waals surface area contributed by atoms with Crippen LogP contribution in [0.3, 0.4) is 0 Å². The minimum Gasteiger partial charge on any atom is -0.291 e. The van der Waals surface area contributed by atoms with Gasteiger partial charge in [-0.1, -0.05) is 6.07 Å². The summed E-state index contributed by atoms with van der Waals surface area (Å²) in [5.41, 5.74) is 2.53. The standard InChI is InChI=1S/C17H15BrN2O2S/c1-10-11-6-8-23-14(11)5-7-19(10)9-20-13-4-2-3-12(18)15(13)16(21)17(20)22/h2-4,6,8,10H,5,7,9H2,1H3. The Hall–Kier alpha value is -1.50. The molecule has 0 saturated carbocycles. The van der Waals surface area contributed by atoms with Crippen LogP contribution < -0.4 is 4.90 Å². The van der Waals surface area contributed by atoms with Crippen molar-refractivity contribution in [3.8, 4) is 0 Å². The summed E-state index contributed by atoms with van der Waals surface area (Å²) in [4.78, 5) is 30.0. The zero-order valence-corrected chi connectivity index (χ0v) is 15.0. The van der Waals surface area contributed by atoms with Crippen LogP contribution in [0.25, 0.3) is 0 Å². The second-order valence-electron chi connectivity index (χ2n) is 5.88. The lowest BCUT2D eigenvalue weighted by molar-refractivity contribution is -0.114. The Bertz CT molecular complexity index is 817. The van der Waals surface area contributed by atoms with Crippen molar-refractivity contribution in [3.63, 3.8) is 0 Å². The molecule has 0 radical (unpaired) electrons. The van der Waals surface area contributed by atoms with E-state index in [4.69, 9.17) is 0 Å². The maximum absolute atomic E-state index is 12.4. The summed E-state index contributed by atoms with van der Waals surface area (Å²) >= 11 is 5.18. The highest BCUT2D eigenvalue weighted by molar-refractivity contribution is 9.10. The first-order valence-electron chi connectivity index (χ1n) is 7.53. The smallest absolute Gasteiger partial charge is 0.291 e. The lowest BCUT2D eigenvalue weighted by atomic mass is 10.0. The number of halogens is 1. The van der Waals surface area contributed by atoms with Gasteiger partial charge < -0.3 is 0 Å². The third-order valence-electron chi connectivity index (χ3n) is 4.68. The fourth-order valence-corrected chi connectivity index (χ4v) is 4.88. The summed E-state index contributed by atoms with van der Waals surface area (Å²) < 4.78 is 0.683. The monoisotopic (exact) mass is 390 g/mol. The molecule has 1 aromatic heterocycles. The molecule has 1 aromatic carbocycles. The summed E-state index contributed by atoms with van der Waals surface area (Å²) in [7, 11) is 0. The molecule has 1 amide bonds. The van der Waals surface area contributed by atoms with E-state index in [1.54, 1.807) is 22.3 Å². The van der Waals surface area contributed by atoms with Crippen LogP contribution in [0.4, 0.5) is 5.69 Å². The van der Waals surface area contributed by atoms with Crippen molar-refractivity contribution in [2.24, 2.45) is 0 Å². The summed E-state index contributed by atoms with van der Waals surface area (Å²) in [5.74, 6) is -0.858. The number of rotatable bonds is 2. The second kappa shape index (κ2) is 5.54.